The zero-order valence-electron chi connectivity index (χ0n) is 16.9. The monoisotopic (exact) mass is 511 g/mol. The fourth-order valence-electron chi connectivity index (χ4n) is 3.08. The summed E-state index contributed by atoms with van der Waals surface area (Å²) in [5.41, 5.74) is -0.193. The number of alkyl halides is 3. The lowest BCUT2D eigenvalue weighted by atomic mass is 10.1. The molecule has 0 amide bonds. The second-order valence-corrected chi connectivity index (χ2v) is 9.05. The van der Waals surface area contributed by atoms with Crippen molar-refractivity contribution in [2.24, 2.45) is 0 Å². The number of anilines is 1. The van der Waals surface area contributed by atoms with Gasteiger partial charge in [0.05, 0.1) is 16.1 Å². The molecule has 0 saturated carbocycles. The van der Waals surface area contributed by atoms with Gasteiger partial charge in [0.15, 0.2) is 0 Å². The number of sulfonamides is 1. The highest BCUT2D eigenvalue weighted by Crippen LogP contribution is 2.39. The maximum Gasteiger partial charge on any atom is 0.429 e. The molecule has 4 rings (SSSR count). The standard InChI is InChI=1S/C22H14ClF4N3O3S/c23-15-8-1-4-11-18(15)34(31,32)30-20-21(29-17-10-3-2-9-16(17)28-20)33-19(22(25,26)27)13-6-5-7-14(24)12-13/h1-12,19H,(H,28,30). The van der Waals surface area contributed by atoms with E-state index in [1.165, 1.54) is 36.4 Å². The van der Waals surface area contributed by atoms with E-state index in [1.54, 1.807) is 12.1 Å². The SMILES string of the molecule is O=S(=O)(Nc1nc2ccccc2nc1OC(c1cccc(F)c1)C(F)(F)F)c1ccccc1Cl. The van der Waals surface area contributed by atoms with Crippen molar-refractivity contribution in [3.63, 3.8) is 0 Å². The van der Waals surface area contributed by atoms with Crippen molar-refractivity contribution in [1.29, 1.82) is 0 Å². The van der Waals surface area contributed by atoms with E-state index in [0.717, 1.165) is 18.2 Å². The summed E-state index contributed by atoms with van der Waals surface area (Å²) < 4.78 is 88.3. The molecule has 1 atom stereocenters. The molecule has 3 aromatic carbocycles. The van der Waals surface area contributed by atoms with E-state index in [4.69, 9.17) is 16.3 Å². The van der Waals surface area contributed by atoms with Gasteiger partial charge in [-0.3, -0.25) is 4.72 Å². The maximum atomic E-state index is 13.9. The molecule has 6 nitrogen and oxygen atoms in total. The third-order valence-electron chi connectivity index (χ3n) is 4.57. The average molecular weight is 512 g/mol. The summed E-state index contributed by atoms with van der Waals surface area (Å²) in [6.45, 7) is 0. The van der Waals surface area contributed by atoms with Gasteiger partial charge in [-0.25, -0.2) is 22.8 Å². The van der Waals surface area contributed by atoms with E-state index >= 15 is 0 Å². The van der Waals surface area contributed by atoms with Crippen LogP contribution in [0.4, 0.5) is 23.4 Å². The fraction of sp³-hybridized carbons (Fsp3) is 0.0909. The molecule has 4 aromatic rings. The van der Waals surface area contributed by atoms with Crippen LogP contribution in [0.25, 0.3) is 11.0 Å². The number of para-hydroxylation sites is 2. The highest BCUT2D eigenvalue weighted by molar-refractivity contribution is 7.92. The number of rotatable bonds is 6. The van der Waals surface area contributed by atoms with Gasteiger partial charge in [0.25, 0.3) is 15.9 Å². The minimum Gasteiger partial charge on any atom is -0.457 e. The van der Waals surface area contributed by atoms with Crippen molar-refractivity contribution in [1.82, 2.24) is 9.97 Å². The number of ether oxygens (including phenoxy) is 1. The maximum absolute atomic E-state index is 13.9. The minimum absolute atomic E-state index is 0.112. The first kappa shape index (κ1) is 23.7. The van der Waals surface area contributed by atoms with Crippen LogP contribution in [0.3, 0.4) is 0 Å². The molecule has 0 bridgehead atoms. The first-order valence-electron chi connectivity index (χ1n) is 9.57. The third kappa shape index (κ3) is 5.05. The van der Waals surface area contributed by atoms with Gasteiger partial charge in [-0.2, -0.15) is 13.2 Å². The summed E-state index contributed by atoms with van der Waals surface area (Å²) in [6.07, 6.45) is -7.64. The van der Waals surface area contributed by atoms with Crippen LogP contribution in [0.1, 0.15) is 11.7 Å². The van der Waals surface area contributed by atoms with Gasteiger partial charge in [0, 0.05) is 5.56 Å². The predicted octanol–water partition coefficient (Wildman–Crippen LogP) is 5.91. The second-order valence-electron chi connectivity index (χ2n) is 7.00. The van der Waals surface area contributed by atoms with E-state index in [0.29, 0.717) is 6.07 Å². The first-order valence-corrected chi connectivity index (χ1v) is 11.4. The van der Waals surface area contributed by atoms with Crippen molar-refractivity contribution in [2.45, 2.75) is 17.2 Å². The Hall–Kier alpha value is -3.44. The highest BCUT2D eigenvalue weighted by atomic mass is 35.5. The van der Waals surface area contributed by atoms with E-state index in [-0.39, 0.29) is 21.0 Å². The Bertz CT molecular complexity index is 1470. The van der Waals surface area contributed by atoms with E-state index in [2.05, 4.69) is 14.7 Å². The number of hydrogen-bond donors (Lipinski definition) is 1. The Morgan fingerprint density at radius 2 is 1.56 bits per heavy atom. The molecule has 0 aliphatic carbocycles. The number of aromatic nitrogens is 2. The summed E-state index contributed by atoms with van der Waals surface area (Å²) >= 11 is 5.98. The summed E-state index contributed by atoms with van der Waals surface area (Å²) in [4.78, 5) is 7.81. The molecule has 1 unspecified atom stereocenters. The summed E-state index contributed by atoms with van der Waals surface area (Å²) in [5.74, 6) is -2.25. The molecule has 176 valence electrons. The van der Waals surface area contributed by atoms with E-state index in [1.807, 2.05) is 0 Å². The number of fused-ring (bicyclic) bond motifs is 1. The number of benzene rings is 3. The molecule has 1 aromatic heterocycles. The van der Waals surface area contributed by atoms with E-state index < -0.39 is 45.4 Å². The lowest BCUT2D eigenvalue weighted by Crippen LogP contribution is -2.27. The molecule has 12 heteroatoms. The van der Waals surface area contributed by atoms with Gasteiger partial charge >= 0.3 is 6.18 Å². The minimum atomic E-state index is -4.99. The molecule has 0 aliphatic heterocycles. The first-order chi connectivity index (χ1) is 16.0. The summed E-state index contributed by atoms with van der Waals surface area (Å²) in [6, 6.07) is 15.4. The van der Waals surface area contributed by atoms with Gasteiger partial charge in [-0.1, -0.05) is 48.0 Å². The molecule has 1 heterocycles. The Labute approximate surface area is 196 Å². The Morgan fingerprint density at radius 1 is 0.912 bits per heavy atom. The van der Waals surface area contributed by atoms with Gasteiger partial charge in [0.1, 0.15) is 10.7 Å². The van der Waals surface area contributed by atoms with Crippen LogP contribution in [-0.2, 0) is 10.0 Å². The van der Waals surface area contributed by atoms with Crippen LogP contribution >= 0.6 is 11.6 Å². The Kier molecular flexibility index (Phi) is 6.32. The molecule has 0 saturated heterocycles. The normalized spacial score (nSPS) is 13.0. The van der Waals surface area contributed by atoms with Gasteiger partial charge in [-0.15, -0.1) is 0 Å². The predicted molar refractivity (Wildman–Crippen MR) is 118 cm³/mol. The van der Waals surface area contributed by atoms with Gasteiger partial charge < -0.3 is 4.74 Å². The number of hydrogen-bond acceptors (Lipinski definition) is 5. The van der Waals surface area contributed by atoms with Gasteiger partial charge in [0.2, 0.25) is 11.9 Å². The molecular weight excluding hydrogens is 498 g/mol. The molecule has 0 fully saturated rings. The summed E-state index contributed by atoms with van der Waals surface area (Å²) in [7, 11) is -4.38. The topological polar surface area (TPSA) is 81.2 Å². The molecule has 0 radical (unpaired) electrons. The molecule has 1 N–H and O–H groups in total. The highest BCUT2D eigenvalue weighted by Gasteiger charge is 2.44. The second kappa shape index (κ2) is 9.07. The summed E-state index contributed by atoms with van der Waals surface area (Å²) in [5, 5.41) is -0.112. The zero-order chi connectivity index (χ0) is 24.5. The van der Waals surface area contributed by atoms with Crippen molar-refractivity contribution < 1.29 is 30.7 Å². The van der Waals surface area contributed by atoms with Crippen molar-refractivity contribution in [3.05, 3.63) is 89.2 Å². The lowest BCUT2D eigenvalue weighted by molar-refractivity contribution is -0.198. The van der Waals surface area contributed by atoms with Crippen LogP contribution in [0.15, 0.2) is 77.7 Å². The Balaban J connectivity index is 1.83. The fourth-order valence-corrected chi connectivity index (χ4v) is 4.60. The third-order valence-corrected chi connectivity index (χ3v) is 6.41. The van der Waals surface area contributed by atoms with Crippen LogP contribution in [-0.4, -0.2) is 24.6 Å². The van der Waals surface area contributed by atoms with Gasteiger partial charge in [-0.05, 0) is 36.4 Å². The molecular formula is C22H14ClF4N3O3S. The molecule has 34 heavy (non-hydrogen) atoms. The van der Waals surface area contributed by atoms with Crippen LogP contribution in [0, 0.1) is 5.82 Å². The average Bonchev–Trinajstić information content (AvgIpc) is 2.76. The van der Waals surface area contributed by atoms with Crippen molar-refractivity contribution >= 4 is 38.5 Å². The van der Waals surface area contributed by atoms with Crippen LogP contribution < -0.4 is 9.46 Å². The number of nitrogens with one attached hydrogen (secondary N) is 1. The Morgan fingerprint density at radius 3 is 2.21 bits per heavy atom. The number of nitrogens with zero attached hydrogens (tertiary/aromatic N) is 2. The zero-order valence-corrected chi connectivity index (χ0v) is 18.5. The largest absolute Gasteiger partial charge is 0.457 e. The quantitative estimate of drug-likeness (QED) is 0.326. The van der Waals surface area contributed by atoms with Crippen LogP contribution in [0.2, 0.25) is 5.02 Å². The molecule has 0 aliphatic rings. The smallest absolute Gasteiger partial charge is 0.429 e. The van der Waals surface area contributed by atoms with Crippen LogP contribution in [0.5, 0.6) is 5.88 Å². The molecule has 0 spiro atoms. The van der Waals surface area contributed by atoms with Crippen molar-refractivity contribution in [3.8, 4) is 5.88 Å². The number of halogens is 5. The van der Waals surface area contributed by atoms with Crippen molar-refractivity contribution in [2.75, 3.05) is 4.72 Å². The van der Waals surface area contributed by atoms with E-state index in [9.17, 15) is 26.0 Å². The lowest BCUT2D eigenvalue weighted by Gasteiger charge is -2.23.